The SMILES string of the molecule is COc1cccc(-c2nccnc2C2CCCN(S(=O)(=O)c3cn(C)cn3)C2)c1. The Morgan fingerprint density at radius 3 is 2.76 bits per heavy atom. The molecule has 0 radical (unpaired) electrons. The first-order valence-electron chi connectivity index (χ1n) is 9.42. The zero-order valence-corrected chi connectivity index (χ0v) is 17.2. The van der Waals surface area contributed by atoms with Crippen molar-refractivity contribution >= 4 is 10.0 Å². The van der Waals surface area contributed by atoms with Crippen LogP contribution in [0.1, 0.15) is 24.5 Å². The summed E-state index contributed by atoms with van der Waals surface area (Å²) in [7, 11) is -0.259. The van der Waals surface area contributed by atoms with Gasteiger partial charge >= 0.3 is 0 Å². The topological polar surface area (TPSA) is 90.2 Å². The van der Waals surface area contributed by atoms with Gasteiger partial charge in [0.2, 0.25) is 0 Å². The van der Waals surface area contributed by atoms with Crippen LogP contribution >= 0.6 is 0 Å². The molecule has 0 bridgehead atoms. The average Bonchev–Trinajstić information content (AvgIpc) is 3.21. The molecule has 1 unspecified atom stereocenters. The summed E-state index contributed by atoms with van der Waals surface area (Å²) in [5.74, 6) is 0.694. The van der Waals surface area contributed by atoms with Crippen LogP contribution in [-0.4, -0.2) is 52.4 Å². The summed E-state index contributed by atoms with van der Waals surface area (Å²) >= 11 is 0. The van der Waals surface area contributed by atoms with E-state index in [1.54, 1.807) is 31.1 Å². The predicted molar refractivity (Wildman–Crippen MR) is 108 cm³/mol. The number of sulfonamides is 1. The highest BCUT2D eigenvalue weighted by Crippen LogP contribution is 2.34. The van der Waals surface area contributed by atoms with Gasteiger partial charge in [-0.3, -0.25) is 9.97 Å². The van der Waals surface area contributed by atoms with E-state index < -0.39 is 10.0 Å². The predicted octanol–water partition coefficient (Wildman–Crippen LogP) is 2.45. The molecule has 1 saturated heterocycles. The van der Waals surface area contributed by atoms with E-state index in [-0.39, 0.29) is 10.9 Å². The highest BCUT2D eigenvalue weighted by molar-refractivity contribution is 7.89. The monoisotopic (exact) mass is 413 g/mol. The molecule has 4 rings (SSSR count). The summed E-state index contributed by atoms with van der Waals surface area (Å²) in [5, 5.41) is 0.0767. The van der Waals surface area contributed by atoms with Crippen molar-refractivity contribution in [2.24, 2.45) is 7.05 Å². The molecule has 0 spiro atoms. The highest BCUT2D eigenvalue weighted by Gasteiger charge is 2.34. The van der Waals surface area contributed by atoms with E-state index in [1.165, 1.54) is 16.8 Å². The number of hydrogen-bond acceptors (Lipinski definition) is 6. The van der Waals surface area contributed by atoms with Crippen molar-refractivity contribution < 1.29 is 13.2 Å². The summed E-state index contributed by atoms with van der Waals surface area (Å²) in [4.78, 5) is 13.2. The van der Waals surface area contributed by atoms with Gasteiger partial charge in [-0.05, 0) is 25.0 Å². The van der Waals surface area contributed by atoms with Gasteiger partial charge in [0.15, 0.2) is 5.03 Å². The smallest absolute Gasteiger partial charge is 0.262 e. The second-order valence-electron chi connectivity index (χ2n) is 7.10. The molecule has 1 atom stereocenters. The summed E-state index contributed by atoms with van der Waals surface area (Å²) in [6.45, 7) is 0.832. The van der Waals surface area contributed by atoms with Crippen molar-refractivity contribution in [1.82, 2.24) is 23.8 Å². The molecule has 1 aromatic carbocycles. The number of methoxy groups -OCH3 is 1. The van der Waals surface area contributed by atoms with Crippen LogP contribution < -0.4 is 4.74 Å². The number of imidazole rings is 1. The Labute approximate surface area is 170 Å². The fourth-order valence-electron chi connectivity index (χ4n) is 3.68. The standard InChI is InChI=1S/C20H23N5O3S/c1-24-13-18(23-14-24)29(26,27)25-10-4-6-16(12-25)20-19(21-8-9-22-20)15-5-3-7-17(11-15)28-2/h3,5,7-9,11,13-14,16H,4,6,10,12H2,1-2H3. The Hall–Kier alpha value is -2.78. The third-order valence-electron chi connectivity index (χ3n) is 5.13. The third kappa shape index (κ3) is 3.88. The van der Waals surface area contributed by atoms with Gasteiger partial charge in [0.25, 0.3) is 10.0 Å². The molecular formula is C20H23N5O3S. The first-order chi connectivity index (χ1) is 14.0. The maximum absolute atomic E-state index is 13.0. The Bertz CT molecular complexity index is 1110. The second-order valence-corrected chi connectivity index (χ2v) is 8.99. The Kier molecular flexibility index (Phi) is 5.33. The van der Waals surface area contributed by atoms with Crippen LogP contribution in [-0.2, 0) is 17.1 Å². The Balaban J connectivity index is 1.66. The lowest BCUT2D eigenvalue weighted by Gasteiger charge is -2.31. The molecule has 1 aliphatic rings. The van der Waals surface area contributed by atoms with Crippen LogP contribution in [0.5, 0.6) is 5.75 Å². The molecule has 1 fully saturated rings. The summed E-state index contributed by atoms with van der Waals surface area (Å²) in [6, 6.07) is 7.66. The number of rotatable bonds is 5. The maximum atomic E-state index is 13.0. The Morgan fingerprint density at radius 1 is 1.17 bits per heavy atom. The van der Waals surface area contributed by atoms with Gasteiger partial charge in [0.1, 0.15) is 5.75 Å². The fraction of sp³-hybridized carbons (Fsp3) is 0.350. The highest BCUT2D eigenvalue weighted by atomic mass is 32.2. The second kappa shape index (κ2) is 7.92. The van der Waals surface area contributed by atoms with Crippen molar-refractivity contribution in [3.8, 4) is 17.0 Å². The lowest BCUT2D eigenvalue weighted by molar-refractivity contribution is 0.312. The number of aromatic nitrogens is 4. The van der Waals surface area contributed by atoms with Crippen molar-refractivity contribution in [2.45, 2.75) is 23.8 Å². The number of nitrogens with zero attached hydrogens (tertiary/aromatic N) is 5. The van der Waals surface area contributed by atoms with Crippen molar-refractivity contribution in [3.05, 3.63) is 54.9 Å². The normalized spacial score (nSPS) is 17.9. The third-order valence-corrected chi connectivity index (χ3v) is 6.88. The molecule has 3 aromatic rings. The number of hydrogen-bond donors (Lipinski definition) is 0. The van der Waals surface area contributed by atoms with Crippen LogP contribution in [0.25, 0.3) is 11.3 Å². The van der Waals surface area contributed by atoms with Crippen LogP contribution in [0.4, 0.5) is 0 Å². The first kappa shape index (κ1) is 19.5. The minimum Gasteiger partial charge on any atom is -0.497 e. The number of aryl methyl sites for hydroxylation is 1. The number of benzene rings is 1. The summed E-state index contributed by atoms with van der Waals surface area (Å²) in [5.41, 5.74) is 2.47. The zero-order valence-electron chi connectivity index (χ0n) is 16.4. The van der Waals surface area contributed by atoms with Gasteiger partial charge in [-0.25, -0.2) is 13.4 Å². The largest absolute Gasteiger partial charge is 0.497 e. The molecule has 3 heterocycles. The van der Waals surface area contributed by atoms with Gasteiger partial charge in [-0.1, -0.05) is 12.1 Å². The quantitative estimate of drug-likeness (QED) is 0.638. The molecule has 9 heteroatoms. The van der Waals surface area contributed by atoms with E-state index in [9.17, 15) is 8.42 Å². The van der Waals surface area contributed by atoms with E-state index in [1.807, 2.05) is 24.3 Å². The van der Waals surface area contributed by atoms with Crippen LogP contribution in [0.15, 0.2) is 54.2 Å². The van der Waals surface area contributed by atoms with Crippen LogP contribution in [0, 0.1) is 0 Å². The van der Waals surface area contributed by atoms with E-state index in [2.05, 4.69) is 15.0 Å². The lowest BCUT2D eigenvalue weighted by Crippen LogP contribution is -2.39. The Morgan fingerprint density at radius 2 is 2.00 bits per heavy atom. The van der Waals surface area contributed by atoms with Gasteiger partial charge in [-0.15, -0.1) is 0 Å². The van der Waals surface area contributed by atoms with E-state index in [4.69, 9.17) is 4.74 Å². The fourth-order valence-corrected chi connectivity index (χ4v) is 5.17. The van der Waals surface area contributed by atoms with E-state index in [0.29, 0.717) is 13.1 Å². The first-order valence-corrected chi connectivity index (χ1v) is 10.9. The molecule has 2 aromatic heterocycles. The molecule has 29 heavy (non-hydrogen) atoms. The molecule has 0 aliphatic carbocycles. The van der Waals surface area contributed by atoms with Gasteiger partial charge in [-0.2, -0.15) is 4.31 Å². The number of piperidine rings is 1. The van der Waals surface area contributed by atoms with Crippen LogP contribution in [0.2, 0.25) is 0 Å². The molecule has 0 saturated carbocycles. The van der Waals surface area contributed by atoms with Gasteiger partial charge < -0.3 is 9.30 Å². The summed E-state index contributed by atoms with van der Waals surface area (Å²) < 4.78 is 34.5. The minimum absolute atomic E-state index is 0.0443. The number of ether oxygens (including phenoxy) is 1. The summed E-state index contributed by atoms with van der Waals surface area (Å²) in [6.07, 6.45) is 7.95. The molecule has 0 N–H and O–H groups in total. The van der Waals surface area contributed by atoms with Gasteiger partial charge in [0.05, 0.1) is 24.8 Å². The molecule has 152 valence electrons. The zero-order chi connectivity index (χ0) is 20.4. The van der Waals surface area contributed by atoms with Crippen molar-refractivity contribution in [1.29, 1.82) is 0 Å². The van der Waals surface area contributed by atoms with Crippen molar-refractivity contribution in [2.75, 3.05) is 20.2 Å². The van der Waals surface area contributed by atoms with Crippen LogP contribution in [0.3, 0.4) is 0 Å². The maximum Gasteiger partial charge on any atom is 0.262 e. The van der Waals surface area contributed by atoms with E-state index >= 15 is 0 Å². The lowest BCUT2D eigenvalue weighted by atomic mass is 9.92. The molecule has 0 amide bonds. The van der Waals surface area contributed by atoms with E-state index in [0.717, 1.165) is 35.5 Å². The van der Waals surface area contributed by atoms with Gasteiger partial charge in [0, 0.05) is 50.2 Å². The van der Waals surface area contributed by atoms with Crippen molar-refractivity contribution in [3.63, 3.8) is 0 Å². The average molecular weight is 414 g/mol. The minimum atomic E-state index is -3.64. The molecule has 1 aliphatic heterocycles. The molecule has 8 nitrogen and oxygen atoms in total. The molecular weight excluding hydrogens is 390 g/mol.